The van der Waals surface area contributed by atoms with Crippen molar-refractivity contribution in [1.29, 1.82) is 0 Å². The summed E-state index contributed by atoms with van der Waals surface area (Å²) in [4.78, 5) is 11.2. The van der Waals surface area contributed by atoms with Gasteiger partial charge < -0.3 is 0 Å². The monoisotopic (exact) mass is 347 g/mol. The van der Waals surface area contributed by atoms with Crippen LogP contribution >= 0.6 is 46.6 Å². The van der Waals surface area contributed by atoms with Crippen LogP contribution in [0, 0.1) is 10.1 Å². The fourth-order valence-corrected chi connectivity index (χ4v) is 3.16. The molecule has 0 unspecified atom stereocenters. The summed E-state index contributed by atoms with van der Waals surface area (Å²) < 4.78 is 0. The summed E-state index contributed by atoms with van der Waals surface area (Å²) in [5.74, 6) is 0.540. The van der Waals surface area contributed by atoms with E-state index in [1.807, 2.05) is 0 Å². The Hall–Kier alpha value is -0.940. The van der Waals surface area contributed by atoms with Crippen LogP contribution in [-0.4, -0.2) is 4.92 Å². The Morgan fingerprint density at radius 1 is 1.05 bits per heavy atom. The van der Waals surface area contributed by atoms with E-state index in [0.29, 0.717) is 15.8 Å². The standard InChI is InChI=1S/C13H8Cl3NO2S/c14-9-2-4-11(16)13(6-9)20-7-8-1-3-10(15)12(5-8)17(18)19/h1-6H,7H2. The van der Waals surface area contributed by atoms with Gasteiger partial charge in [-0.1, -0.05) is 40.9 Å². The molecule has 7 heteroatoms. The largest absolute Gasteiger partial charge is 0.288 e. The number of hydrogen-bond acceptors (Lipinski definition) is 3. The molecule has 0 aliphatic rings. The minimum Gasteiger partial charge on any atom is -0.258 e. The second-order valence-corrected chi connectivity index (χ2v) is 6.17. The van der Waals surface area contributed by atoms with Crippen molar-refractivity contribution in [3.05, 3.63) is 67.1 Å². The van der Waals surface area contributed by atoms with Crippen molar-refractivity contribution in [2.24, 2.45) is 0 Å². The van der Waals surface area contributed by atoms with Gasteiger partial charge in [0.25, 0.3) is 5.69 Å². The van der Waals surface area contributed by atoms with E-state index in [1.54, 1.807) is 24.3 Å². The zero-order chi connectivity index (χ0) is 14.7. The fraction of sp³-hybridized carbons (Fsp3) is 0.0769. The molecule has 2 aromatic rings. The average Bonchev–Trinajstić information content (AvgIpc) is 2.41. The zero-order valence-corrected chi connectivity index (χ0v) is 13.1. The number of nitro benzene ring substituents is 1. The van der Waals surface area contributed by atoms with Gasteiger partial charge in [-0.2, -0.15) is 0 Å². The molecule has 0 aromatic heterocycles. The van der Waals surface area contributed by atoms with Crippen LogP contribution in [0.4, 0.5) is 5.69 Å². The number of rotatable bonds is 4. The Kier molecular flexibility index (Phi) is 5.16. The van der Waals surface area contributed by atoms with Crippen molar-refractivity contribution >= 4 is 52.3 Å². The normalized spacial score (nSPS) is 10.6. The lowest BCUT2D eigenvalue weighted by Crippen LogP contribution is -1.91. The number of halogens is 3. The van der Waals surface area contributed by atoms with Crippen LogP contribution in [0.15, 0.2) is 41.3 Å². The maximum atomic E-state index is 10.8. The Morgan fingerprint density at radius 2 is 1.75 bits per heavy atom. The van der Waals surface area contributed by atoms with Crippen LogP contribution < -0.4 is 0 Å². The van der Waals surface area contributed by atoms with Crippen LogP contribution in [0.5, 0.6) is 0 Å². The molecule has 0 fully saturated rings. The molecular formula is C13H8Cl3NO2S. The van der Waals surface area contributed by atoms with Crippen molar-refractivity contribution in [2.45, 2.75) is 10.6 Å². The van der Waals surface area contributed by atoms with E-state index in [4.69, 9.17) is 34.8 Å². The van der Waals surface area contributed by atoms with Crippen LogP contribution in [-0.2, 0) is 5.75 Å². The van der Waals surface area contributed by atoms with Gasteiger partial charge in [0.05, 0.1) is 9.95 Å². The molecule has 0 aliphatic carbocycles. The first-order chi connectivity index (χ1) is 9.47. The first-order valence-electron chi connectivity index (χ1n) is 5.48. The molecule has 0 radical (unpaired) electrons. The van der Waals surface area contributed by atoms with Gasteiger partial charge in [0.15, 0.2) is 0 Å². The number of thioether (sulfide) groups is 1. The molecule has 0 heterocycles. The molecule has 0 amide bonds. The SMILES string of the molecule is O=[N+]([O-])c1cc(CSc2cc(Cl)ccc2Cl)ccc1Cl. The molecule has 0 bridgehead atoms. The highest BCUT2D eigenvalue weighted by Gasteiger charge is 2.13. The highest BCUT2D eigenvalue weighted by molar-refractivity contribution is 7.98. The molecule has 0 atom stereocenters. The number of benzene rings is 2. The topological polar surface area (TPSA) is 43.1 Å². The summed E-state index contributed by atoms with van der Waals surface area (Å²) in [7, 11) is 0. The van der Waals surface area contributed by atoms with Gasteiger partial charge in [0.2, 0.25) is 0 Å². The van der Waals surface area contributed by atoms with Gasteiger partial charge in [-0.15, -0.1) is 11.8 Å². The molecule has 104 valence electrons. The lowest BCUT2D eigenvalue weighted by molar-refractivity contribution is -0.384. The van der Waals surface area contributed by atoms with E-state index >= 15 is 0 Å². The molecular weight excluding hydrogens is 341 g/mol. The van der Waals surface area contributed by atoms with Crippen molar-refractivity contribution in [3.8, 4) is 0 Å². The minimum absolute atomic E-state index is 0.0954. The smallest absolute Gasteiger partial charge is 0.258 e. The Morgan fingerprint density at radius 3 is 2.45 bits per heavy atom. The van der Waals surface area contributed by atoms with Crippen molar-refractivity contribution < 1.29 is 4.92 Å². The molecule has 0 spiro atoms. The summed E-state index contributed by atoms with van der Waals surface area (Å²) in [6, 6.07) is 9.93. The van der Waals surface area contributed by atoms with Crippen LogP contribution in [0.2, 0.25) is 15.1 Å². The van der Waals surface area contributed by atoms with E-state index < -0.39 is 4.92 Å². The van der Waals surface area contributed by atoms with E-state index in [1.165, 1.54) is 23.9 Å². The highest BCUT2D eigenvalue weighted by atomic mass is 35.5. The highest BCUT2D eigenvalue weighted by Crippen LogP contribution is 2.33. The van der Waals surface area contributed by atoms with E-state index in [9.17, 15) is 10.1 Å². The summed E-state index contributed by atoms with van der Waals surface area (Å²) in [6.45, 7) is 0. The predicted molar refractivity (Wildman–Crippen MR) is 84.1 cm³/mol. The van der Waals surface area contributed by atoms with Crippen molar-refractivity contribution in [2.75, 3.05) is 0 Å². The molecule has 20 heavy (non-hydrogen) atoms. The molecule has 3 nitrogen and oxygen atoms in total. The number of hydrogen-bond donors (Lipinski definition) is 0. The second-order valence-electron chi connectivity index (χ2n) is 3.91. The van der Waals surface area contributed by atoms with Gasteiger partial charge in [0.1, 0.15) is 5.02 Å². The van der Waals surface area contributed by atoms with Crippen molar-refractivity contribution in [3.63, 3.8) is 0 Å². The van der Waals surface area contributed by atoms with E-state index in [0.717, 1.165) is 10.5 Å². The summed E-state index contributed by atoms with van der Waals surface area (Å²) >= 11 is 19.2. The first-order valence-corrected chi connectivity index (χ1v) is 7.60. The lowest BCUT2D eigenvalue weighted by atomic mass is 10.2. The third-order valence-electron chi connectivity index (χ3n) is 2.49. The third-order valence-corrected chi connectivity index (χ3v) is 4.62. The first kappa shape index (κ1) is 15.4. The Balaban J connectivity index is 2.17. The molecule has 0 aliphatic heterocycles. The van der Waals surface area contributed by atoms with Gasteiger partial charge in [-0.05, 0) is 29.8 Å². The number of nitro groups is 1. The maximum absolute atomic E-state index is 10.8. The fourth-order valence-electron chi connectivity index (χ4n) is 1.54. The summed E-state index contributed by atoms with van der Waals surface area (Å²) in [6.07, 6.45) is 0. The molecule has 0 saturated carbocycles. The predicted octanol–water partition coefficient (Wildman–Crippen LogP) is 5.85. The van der Waals surface area contributed by atoms with Gasteiger partial charge in [0, 0.05) is 21.7 Å². The Labute approximate surface area is 135 Å². The average molecular weight is 349 g/mol. The minimum atomic E-state index is -0.497. The van der Waals surface area contributed by atoms with E-state index in [-0.39, 0.29) is 10.7 Å². The summed E-state index contributed by atoms with van der Waals surface area (Å²) in [5, 5.41) is 12.1. The quantitative estimate of drug-likeness (QED) is 0.395. The third kappa shape index (κ3) is 3.79. The number of nitrogens with zero attached hydrogens (tertiary/aromatic N) is 1. The van der Waals surface area contributed by atoms with Gasteiger partial charge in [-0.3, -0.25) is 10.1 Å². The zero-order valence-electron chi connectivity index (χ0n) is 9.98. The molecule has 0 N–H and O–H groups in total. The maximum Gasteiger partial charge on any atom is 0.288 e. The molecule has 2 aromatic carbocycles. The lowest BCUT2D eigenvalue weighted by Gasteiger charge is -2.05. The van der Waals surface area contributed by atoms with Gasteiger partial charge >= 0.3 is 0 Å². The van der Waals surface area contributed by atoms with E-state index in [2.05, 4.69) is 0 Å². The summed E-state index contributed by atoms with van der Waals surface area (Å²) in [5.41, 5.74) is 0.698. The van der Waals surface area contributed by atoms with Crippen LogP contribution in [0.25, 0.3) is 0 Å². The van der Waals surface area contributed by atoms with Crippen LogP contribution in [0.1, 0.15) is 5.56 Å². The second kappa shape index (κ2) is 6.68. The van der Waals surface area contributed by atoms with Crippen LogP contribution in [0.3, 0.4) is 0 Å². The Bertz CT molecular complexity index is 664. The van der Waals surface area contributed by atoms with Gasteiger partial charge in [-0.25, -0.2) is 0 Å². The molecule has 0 saturated heterocycles. The van der Waals surface area contributed by atoms with Crippen molar-refractivity contribution in [1.82, 2.24) is 0 Å². The molecule has 2 rings (SSSR count).